The number of benzene rings is 1. The van der Waals surface area contributed by atoms with Gasteiger partial charge in [0.05, 0.1) is 0 Å². The summed E-state index contributed by atoms with van der Waals surface area (Å²) in [6.45, 7) is 4.89. The number of aryl methyl sites for hydroxylation is 1. The Labute approximate surface area is 153 Å². The molecule has 1 aromatic heterocycles. The summed E-state index contributed by atoms with van der Waals surface area (Å²) < 4.78 is 12.9. The van der Waals surface area contributed by atoms with Crippen molar-refractivity contribution >= 4 is 12.0 Å². The molecule has 1 amide bonds. The van der Waals surface area contributed by atoms with Crippen molar-refractivity contribution in [3.05, 3.63) is 48.1 Å². The van der Waals surface area contributed by atoms with E-state index in [9.17, 15) is 4.79 Å². The predicted octanol–water partition coefficient (Wildman–Crippen LogP) is 2.87. The summed E-state index contributed by atoms with van der Waals surface area (Å²) in [6, 6.07) is 5.69. The standard InChI is InChI=1S/C20H23N3O3/c1-15-21-8-11-23(15)13-17-6-9-22(10-7-17)20(24)5-3-16-2-4-18-19(12-16)26-14-25-18/h2-5,8,11-12,17H,6-7,9-10,13-14H2,1H3/b5-3+. The minimum Gasteiger partial charge on any atom is -0.454 e. The third kappa shape index (κ3) is 3.59. The van der Waals surface area contributed by atoms with E-state index in [2.05, 4.69) is 9.55 Å². The molecule has 0 saturated carbocycles. The monoisotopic (exact) mass is 353 g/mol. The molecule has 1 aromatic carbocycles. The van der Waals surface area contributed by atoms with E-state index in [1.54, 1.807) is 6.08 Å². The van der Waals surface area contributed by atoms with Gasteiger partial charge in [0, 0.05) is 38.1 Å². The number of hydrogen-bond donors (Lipinski definition) is 0. The zero-order chi connectivity index (χ0) is 17.9. The van der Waals surface area contributed by atoms with Crippen molar-refractivity contribution in [3.63, 3.8) is 0 Å². The highest BCUT2D eigenvalue weighted by Gasteiger charge is 2.22. The lowest BCUT2D eigenvalue weighted by atomic mass is 9.96. The molecule has 0 atom stereocenters. The number of carbonyl (C=O) groups is 1. The van der Waals surface area contributed by atoms with E-state index in [1.165, 1.54) is 0 Å². The first-order valence-electron chi connectivity index (χ1n) is 9.03. The van der Waals surface area contributed by atoms with Crippen LogP contribution in [0.25, 0.3) is 6.08 Å². The number of rotatable bonds is 4. The van der Waals surface area contributed by atoms with E-state index < -0.39 is 0 Å². The largest absolute Gasteiger partial charge is 0.454 e. The summed E-state index contributed by atoms with van der Waals surface area (Å²) >= 11 is 0. The fourth-order valence-electron chi connectivity index (χ4n) is 3.50. The highest BCUT2D eigenvalue weighted by molar-refractivity contribution is 5.91. The van der Waals surface area contributed by atoms with Crippen molar-refractivity contribution in [2.75, 3.05) is 19.9 Å². The van der Waals surface area contributed by atoms with Crippen molar-refractivity contribution in [1.82, 2.24) is 14.5 Å². The summed E-state index contributed by atoms with van der Waals surface area (Å²) in [4.78, 5) is 18.7. The second-order valence-electron chi connectivity index (χ2n) is 6.84. The molecule has 26 heavy (non-hydrogen) atoms. The van der Waals surface area contributed by atoms with Crippen LogP contribution in [0.5, 0.6) is 11.5 Å². The smallest absolute Gasteiger partial charge is 0.246 e. The highest BCUT2D eigenvalue weighted by Crippen LogP contribution is 2.32. The second kappa shape index (κ2) is 7.23. The molecule has 0 bridgehead atoms. The fourth-order valence-corrected chi connectivity index (χ4v) is 3.50. The van der Waals surface area contributed by atoms with Crippen LogP contribution in [0.2, 0.25) is 0 Å². The Balaban J connectivity index is 1.30. The van der Waals surface area contributed by atoms with Crippen LogP contribution in [0.1, 0.15) is 24.2 Å². The van der Waals surface area contributed by atoms with Gasteiger partial charge in [-0.25, -0.2) is 4.98 Å². The van der Waals surface area contributed by atoms with Gasteiger partial charge in [-0.15, -0.1) is 0 Å². The summed E-state index contributed by atoms with van der Waals surface area (Å²) in [5, 5.41) is 0. The molecule has 0 unspecified atom stereocenters. The molecule has 136 valence electrons. The Hall–Kier alpha value is -2.76. The SMILES string of the molecule is Cc1nccn1CC1CCN(C(=O)/C=C/c2ccc3c(c2)OCO3)CC1. The summed E-state index contributed by atoms with van der Waals surface area (Å²) in [6.07, 6.45) is 9.42. The molecule has 1 saturated heterocycles. The van der Waals surface area contributed by atoms with Crippen LogP contribution in [-0.2, 0) is 11.3 Å². The van der Waals surface area contributed by atoms with Gasteiger partial charge in [0.15, 0.2) is 11.5 Å². The third-order valence-corrected chi connectivity index (χ3v) is 5.12. The van der Waals surface area contributed by atoms with Crippen LogP contribution in [-0.4, -0.2) is 40.2 Å². The van der Waals surface area contributed by atoms with Gasteiger partial charge in [-0.2, -0.15) is 0 Å². The number of nitrogens with zero attached hydrogens (tertiary/aromatic N) is 3. The summed E-state index contributed by atoms with van der Waals surface area (Å²) in [7, 11) is 0. The van der Waals surface area contributed by atoms with E-state index in [4.69, 9.17) is 9.47 Å². The molecule has 2 aliphatic heterocycles. The first kappa shape index (κ1) is 16.7. The van der Waals surface area contributed by atoms with E-state index in [0.717, 1.165) is 55.4 Å². The molecular formula is C20H23N3O3. The van der Waals surface area contributed by atoms with Crippen LogP contribution in [0.3, 0.4) is 0 Å². The Kier molecular flexibility index (Phi) is 4.65. The molecule has 0 radical (unpaired) electrons. The number of amides is 1. The topological polar surface area (TPSA) is 56.6 Å². The maximum atomic E-state index is 12.5. The Morgan fingerprint density at radius 2 is 2.08 bits per heavy atom. The van der Waals surface area contributed by atoms with E-state index in [1.807, 2.05) is 48.5 Å². The molecule has 2 aliphatic rings. The van der Waals surface area contributed by atoms with Gasteiger partial charge in [-0.1, -0.05) is 6.07 Å². The Morgan fingerprint density at radius 3 is 2.85 bits per heavy atom. The maximum Gasteiger partial charge on any atom is 0.246 e. The third-order valence-electron chi connectivity index (χ3n) is 5.12. The molecule has 0 N–H and O–H groups in total. The lowest BCUT2D eigenvalue weighted by Crippen LogP contribution is -2.38. The zero-order valence-electron chi connectivity index (χ0n) is 14.9. The lowest BCUT2D eigenvalue weighted by molar-refractivity contribution is -0.127. The number of ether oxygens (including phenoxy) is 2. The average molecular weight is 353 g/mol. The van der Waals surface area contributed by atoms with E-state index >= 15 is 0 Å². The second-order valence-corrected chi connectivity index (χ2v) is 6.84. The minimum absolute atomic E-state index is 0.0694. The van der Waals surface area contributed by atoms with Crippen molar-refractivity contribution in [2.24, 2.45) is 5.92 Å². The van der Waals surface area contributed by atoms with Gasteiger partial charge in [-0.05, 0) is 49.5 Å². The van der Waals surface area contributed by atoms with Crippen LogP contribution in [0.15, 0.2) is 36.7 Å². The molecular weight excluding hydrogens is 330 g/mol. The lowest BCUT2D eigenvalue weighted by Gasteiger charge is -2.31. The quantitative estimate of drug-likeness (QED) is 0.793. The van der Waals surface area contributed by atoms with Crippen LogP contribution in [0, 0.1) is 12.8 Å². The fraction of sp³-hybridized carbons (Fsp3) is 0.400. The van der Waals surface area contributed by atoms with Gasteiger partial charge in [0.2, 0.25) is 12.7 Å². The van der Waals surface area contributed by atoms with Crippen molar-refractivity contribution in [3.8, 4) is 11.5 Å². The van der Waals surface area contributed by atoms with Gasteiger partial charge >= 0.3 is 0 Å². The minimum atomic E-state index is 0.0694. The molecule has 1 fully saturated rings. The van der Waals surface area contributed by atoms with Crippen LogP contribution >= 0.6 is 0 Å². The normalized spacial score (nSPS) is 17.2. The number of likely N-dealkylation sites (tertiary alicyclic amines) is 1. The number of fused-ring (bicyclic) bond motifs is 1. The van der Waals surface area contributed by atoms with Gasteiger partial charge in [0.25, 0.3) is 0 Å². The summed E-state index contributed by atoms with van der Waals surface area (Å²) in [5.74, 6) is 3.21. The van der Waals surface area contributed by atoms with Crippen molar-refractivity contribution in [2.45, 2.75) is 26.3 Å². The van der Waals surface area contributed by atoms with E-state index in [0.29, 0.717) is 5.92 Å². The maximum absolute atomic E-state index is 12.5. The van der Waals surface area contributed by atoms with Crippen molar-refractivity contribution in [1.29, 1.82) is 0 Å². The van der Waals surface area contributed by atoms with Gasteiger partial charge < -0.3 is 18.9 Å². The Bertz CT molecular complexity index is 819. The molecule has 0 aliphatic carbocycles. The Morgan fingerprint density at radius 1 is 1.27 bits per heavy atom. The molecule has 2 aromatic rings. The van der Waals surface area contributed by atoms with Gasteiger partial charge in [-0.3, -0.25) is 4.79 Å². The number of hydrogen-bond acceptors (Lipinski definition) is 4. The molecule has 3 heterocycles. The molecule has 6 nitrogen and oxygen atoms in total. The zero-order valence-corrected chi connectivity index (χ0v) is 14.9. The van der Waals surface area contributed by atoms with E-state index in [-0.39, 0.29) is 12.7 Å². The first-order chi connectivity index (χ1) is 12.7. The number of aromatic nitrogens is 2. The average Bonchev–Trinajstić information content (AvgIpc) is 3.29. The molecule has 6 heteroatoms. The van der Waals surface area contributed by atoms with Crippen LogP contribution in [0.4, 0.5) is 0 Å². The molecule has 4 rings (SSSR count). The number of piperidine rings is 1. The number of carbonyl (C=O) groups excluding carboxylic acids is 1. The van der Waals surface area contributed by atoms with Crippen LogP contribution < -0.4 is 9.47 Å². The van der Waals surface area contributed by atoms with Gasteiger partial charge in [0.1, 0.15) is 5.82 Å². The molecule has 0 spiro atoms. The summed E-state index contributed by atoms with van der Waals surface area (Å²) in [5.41, 5.74) is 0.938. The predicted molar refractivity (Wildman–Crippen MR) is 97.9 cm³/mol. The van der Waals surface area contributed by atoms with Crippen molar-refractivity contribution < 1.29 is 14.3 Å². The highest BCUT2D eigenvalue weighted by atomic mass is 16.7. The number of imidazole rings is 1. The first-order valence-corrected chi connectivity index (χ1v) is 9.03.